The van der Waals surface area contributed by atoms with Crippen molar-refractivity contribution >= 4 is 27.7 Å². The minimum absolute atomic E-state index is 0.0735. The normalized spacial score (nSPS) is 21.1. The quantitative estimate of drug-likeness (QED) is 0.718. The Morgan fingerprint density at radius 1 is 1.50 bits per heavy atom. The molecule has 5 heteroatoms. The van der Waals surface area contributed by atoms with E-state index in [9.17, 15) is 4.79 Å². The average molecular weight is 255 g/mol. The van der Waals surface area contributed by atoms with Gasteiger partial charge in [0.25, 0.3) is 5.91 Å². The lowest BCUT2D eigenvalue weighted by atomic mass is 10.2. The number of amides is 1. The molecule has 1 spiro atoms. The number of aromatic nitrogens is 1. The summed E-state index contributed by atoms with van der Waals surface area (Å²) in [6.07, 6.45) is 1.60. The maximum absolute atomic E-state index is 11.6. The topological polar surface area (TPSA) is 51.2 Å². The number of nitrogens with one attached hydrogen (secondary N) is 1. The molecule has 0 bridgehead atoms. The monoisotopic (exact) mass is 254 g/mol. The lowest BCUT2D eigenvalue weighted by Crippen LogP contribution is -2.39. The van der Waals surface area contributed by atoms with Crippen molar-refractivity contribution in [2.45, 2.75) is 18.4 Å². The van der Waals surface area contributed by atoms with Crippen LogP contribution in [0.5, 0.6) is 5.75 Å². The first-order valence-corrected chi connectivity index (χ1v) is 5.16. The second-order valence-electron chi connectivity index (χ2n) is 3.53. The van der Waals surface area contributed by atoms with Crippen molar-refractivity contribution < 1.29 is 9.53 Å². The van der Waals surface area contributed by atoms with Crippen LogP contribution in [0.15, 0.2) is 16.7 Å². The molecule has 0 atom stereocenters. The summed E-state index contributed by atoms with van der Waals surface area (Å²) in [4.78, 5) is 15.7. The van der Waals surface area contributed by atoms with E-state index in [0.717, 1.165) is 12.8 Å². The summed E-state index contributed by atoms with van der Waals surface area (Å²) in [6, 6.07) is 3.61. The lowest BCUT2D eigenvalue weighted by molar-refractivity contribution is -0.125. The van der Waals surface area contributed by atoms with Crippen LogP contribution in [0.3, 0.4) is 0 Å². The maximum Gasteiger partial charge on any atom is 0.269 e. The molecule has 1 aromatic heterocycles. The van der Waals surface area contributed by atoms with Crippen LogP contribution in [-0.2, 0) is 4.79 Å². The van der Waals surface area contributed by atoms with Gasteiger partial charge in [0, 0.05) is 12.8 Å². The third kappa shape index (κ3) is 1.05. The largest absolute Gasteiger partial charge is 0.474 e. The summed E-state index contributed by atoms with van der Waals surface area (Å²) in [7, 11) is 0. The first kappa shape index (κ1) is 8.23. The van der Waals surface area contributed by atoms with Crippen molar-refractivity contribution in [3.05, 3.63) is 16.7 Å². The number of ether oxygens (including phenoxy) is 1. The highest BCUT2D eigenvalue weighted by atomic mass is 79.9. The molecule has 72 valence electrons. The number of hydrogen-bond donors (Lipinski definition) is 1. The van der Waals surface area contributed by atoms with Crippen molar-refractivity contribution in [3.8, 4) is 5.75 Å². The van der Waals surface area contributed by atoms with Crippen LogP contribution in [0.25, 0.3) is 0 Å². The van der Waals surface area contributed by atoms with Gasteiger partial charge in [-0.15, -0.1) is 0 Å². The minimum Gasteiger partial charge on any atom is -0.474 e. The van der Waals surface area contributed by atoms with Crippen molar-refractivity contribution in [3.63, 3.8) is 0 Å². The Morgan fingerprint density at radius 3 is 3.00 bits per heavy atom. The van der Waals surface area contributed by atoms with E-state index in [2.05, 4.69) is 26.2 Å². The molecule has 1 aliphatic carbocycles. The fourth-order valence-corrected chi connectivity index (χ4v) is 1.82. The molecular weight excluding hydrogens is 248 g/mol. The van der Waals surface area contributed by atoms with Crippen LogP contribution < -0.4 is 10.1 Å². The predicted molar refractivity (Wildman–Crippen MR) is 53.2 cm³/mol. The standard InChI is InChI=1S/C9H7BrN2O2/c10-6-2-1-5-7(11-6)12-8(13)9(14-5)3-4-9/h1-2H,3-4H2,(H,11,12,13). The summed E-state index contributed by atoms with van der Waals surface area (Å²) >= 11 is 3.24. The van der Waals surface area contributed by atoms with Gasteiger partial charge in [0.2, 0.25) is 0 Å². The van der Waals surface area contributed by atoms with Crippen LogP contribution >= 0.6 is 15.9 Å². The zero-order chi connectivity index (χ0) is 9.76. The van der Waals surface area contributed by atoms with Crippen LogP contribution in [-0.4, -0.2) is 16.5 Å². The number of carbonyl (C=O) groups excluding carboxylic acids is 1. The van der Waals surface area contributed by atoms with Crippen LogP contribution in [0.2, 0.25) is 0 Å². The van der Waals surface area contributed by atoms with E-state index in [0.29, 0.717) is 16.2 Å². The molecule has 0 unspecified atom stereocenters. The Kier molecular flexibility index (Phi) is 1.45. The molecule has 0 radical (unpaired) electrons. The molecule has 1 fully saturated rings. The number of pyridine rings is 1. The average Bonchev–Trinajstić information content (AvgIpc) is 2.89. The number of fused-ring (bicyclic) bond motifs is 1. The third-order valence-corrected chi connectivity index (χ3v) is 2.92. The van der Waals surface area contributed by atoms with Crippen LogP contribution in [0.4, 0.5) is 5.82 Å². The molecule has 1 saturated carbocycles. The van der Waals surface area contributed by atoms with Gasteiger partial charge in [-0.25, -0.2) is 4.98 Å². The first-order valence-electron chi connectivity index (χ1n) is 4.37. The number of hydrogen-bond acceptors (Lipinski definition) is 3. The van der Waals surface area contributed by atoms with Gasteiger partial charge in [-0.1, -0.05) is 0 Å². The minimum atomic E-state index is -0.581. The predicted octanol–water partition coefficient (Wildman–Crippen LogP) is 1.71. The maximum atomic E-state index is 11.6. The Hall–Kier alpha value is -1.10. The Balaban J connectivity index is 2.06. The zero-order valence-corrected chi connectivity index (χ0v) is 8.80. The number of halogens is 1. The van der Waals surface area contributed by atoms with Gasteiger partial charge in [-0.2, -0.15) is 0 Å². The van der Waals surface area contributed by atoms with Crippen molar-refractivity contribution in [1.82, 2.24) is 4.98 Å². The van der Waals surface area contributed by atoms with E-state index in [1.807, 2.05) is 6.07 Å². The summed E-state index contributed by atoms with van der Waals surface area (Å²) < 4.78 is 6.29. The molecule has 1 N–H and O–H groups in total. The summed E-state index contributed by atoms with van der Waals surface area (Å²) in [5, 5.41) is 2.75. The SMILES string of the molecule is O=C1Nc2nc(Br)ccc2OC12CC2. The van der Waals surface area contributed by atoms with Gasteiger partial charge in [0.05, 0.1) is 0 Å². The molecule has 1 aromatic rings. The van der Waals surface area contributed by atoms with Crippen molar-refractivity contribution in [2.24, 2.45) is 0 Å². The second-order valence-corrected chi connectivity index (χ2v) is 4.34. The van der Waals surface area contributed by atoms with Crippen molar-refractivity contribution in [2.75, 3.05) is 5.32 Å². The molecule has 14 heavy (non-hydrogen) atoms. The van der Waals surface area contributed by atoms with E-state index >= 15 is 0 Å². The highest BCUT2D eigenvalue weighted by molar-refractivity contribution is 9.10. The summed E-state index contributed by atoms with van der Waals surface area (Å²) in [6.45, 7) is 0. The molecule has 2 aliphatic rings. The van der Waals surface area contributed by atoms with E-state index in [1.54, 1.807) is 6.07 Å². The Bertz CT molecular complexity index is 429. The Morgan fingerprint density at radius 2 is 2.29 bits per heavy atom. The Labute approximate surface area is 88.8 Å². The van der Waals surface area contributed by atoms with Gasteiger partial charge in [-0.3, -0.25) is 4.79 Å². The van der Waals surface area contributed by atoms with E-state index in [1.165, 1.54) is 0 Å². The zero-order valence-electron chi connectivity index (χ0n) is 7.21. The summed E-state index contributed by atoms with van der Waals surface area (Å²) in [5.74, 6) is 1.09. The summed E-state index contributed by atoms with van der Waals surface area (Å²) in [5.41, 5.74) is -0.581. The van der Waals surface area contributed by atoms with Crippen LogP contribution in [0, 0.1) is 0 Å². The highest BCUT2D eigenvalue weighted by Gasteiger charge is 2.55. The van der Waals surface area contributed by atoms with Gasteiger partial charge >= 0.3 is 0 Å². The number of nitrogens with zero attached hydrogens (tertiary/aromatic N) is 1. The highest BCUT2D eigenvalue weighted by Crippen LogP contribution is 2.46. The van der Waals surface area contributed by atoms with Gasteiger partial charge in [0.15, 0.2) is 17.2 Å². The number of rotatable bonds is 0. The fourth-order valence-electron chi connectivity index (χ4n) is 1.52. The first-order chi connectivity index (χ1) is 6.70. The second kappa shape index (κ2) is 2.48. The molecule has 0 aromatic carbocycles. The smallest absolute Gasteiger partial charge is 0.269 e. The molecule has 0 saturated heterocycles. The van der Waals surface area contributed by atoms with E-state index < -0.39 is 5.60 Å². The molecule has 4 nitrogen and oxygen atoms in total. The lowest BCUT2D eigenvalue weighted by Gasteiger charge is -2.24. The van der Waals surface area contributed by atoms with Gasteiger partial charge < -0.3 is 10.1 Å². The van der Waals surface area contributed by atoms with E-state index in [-0.39, 0.29) is 5.91 Å². The fraction of sp³-hybridized carbons (Fsp3) is 0.333. The number of anilines is 1. The van der Waals surface area contributed by atoms with Gasteiger partial charge in [0.1, 0.15) is 4.60 Å². The van der Waals surface area contributed by atoms with Gasteiger partial charge in [-0.05, 0) is 28.1 Å². The van der Waals surface area contributed by atoms with Crippen LogP contribution in [0.1, 0.15) is 12.8 Å². The van der Waals surface area contributed by atoms with E-state index in [4.69, 9.17) is 4.74 Å². The molecule has 2 heterocycles. The van der Waals surface area contributed by atoms with Crippen molar-refractivity contribution in [1.29, 1.82) is 0 Å². The third-order valence-electron chi connectivity index (χ3n) is 2.48. The number of carbonyl (C=O) groups is 1. The molecule has 1 amide bonds. The molecular formula is C9H7BrN2O2. The molecule has 3 rings (SSSR count). The molecule has 1 aliphatic heterocycles.